The van der Waals surface area contributed by atoms with Gasteiger partial charge >= 0.3 is 0 Å². The third-order valence-electron chi connectivity index (χ3n) is 1.90. The molecule has 0 atom stereocenters. The second-order valence-electron chi connectivity index (χ2n) is 3.13. The number of nitrogen functional groups attached to an aromatic ring is 1. The average Bonchev–Trinajstić information content (AvgIpc) is 2.73. The molecule has 0 bridgehead atoms. The van der Waals surface area contributed by atoms with E-state index in [2.05, 4.69) is 9.71 Å². The summed E-state index contributed by atoms with van der Waals surface area (Å²) in [6.45, 7) is 0. The molecule has 1 heterocycles. The summed E-state index contributed by atoms with van der Waals surface area (Å²) in [5.41, 5.74) is 5.86. The van der Waals surface area contributed by atoms with Gasteiger partial charge in [0.1, 0.15) is 4.90 Å². The summed E-state index contributed by atoms with van der Waals surface area (Å²) in [7, 11) is -3.75. The Balaban J connectivity index is 2.41. The third-order valence-corrected chi connectivity index (χ3v) is 4.54. The number of sulfonamides is 1. The summed E-state index contributed by atoms with van der Waals surface area (Å²) in [6.07, 6.45) is 1.50. The van der Waals surface area contributed by atoms with Crippen LogP contribution in [-0.4, -0.2) is 13.4 Å². The van der Waals surface area contributed by atoms with Crippen LogP contribution in [0.1, 0.15) is 0 Å². The number of hydrogen-bond donors (Lipinski definition) is 2. The minimum Gasteiger partial charge on any atom is -0.399 e. The minimum absolute atomic E-state index is 0.0608. The first-order valence-corrected chi connectivity index (χ1v) is 7.20. The van der Waals surface area contributed by atoms with Crippen LogP contribution in [-0.2, 0) is 10.0 Å². The topological polar surface area (TPSA) is 85.1 Å². The standard InChI is InChI=1S/C9H8ClN3O2S2/c10-7-2-1-6(11)5-8(7)17(14,15)13-9-12-3-4-16-9/h1-5H,11H2,(H,12,13). The number of anilines is 2. The van der Waals surface area contributed by atoms with Crippen LogP contribution < -0.4 is 10.5 Å². The molecule has 0 aliphatic heterocycles. The van der Waals surface area contributed by atoms with E-state index < -0.39 is 10.0 Å². The Bertz CT molecular complexity index is 626. The summed E-state index contributed by atoms with van der Waals surface area (Å²) in [5.74, 6) is 0. The maximum absolute atomic E-state index is 12.0. The number of thiazole rings is 1. The lowest BCUT2D eigenvalue weighted by molar-refractivity contribution is 0.601. The van der Waals surface area contributed by atoms with Gasteiger partial charge in [-0.2, -0.15) is 0 Å². The number of rotatable bonds is 3. The highest BCUT2D eigenvalue weighted by Gasteiger charge is 2.19. The molecule has 8 heteroatoms. The van der Waals surface area contributed by atoms with Gasteiger partial charge < -0.3 is 5.73 Å². The van der Waals surface area contributed by atoms with E-state index in [1.165, 1.54) is 35.7 Å². The van der Waals surface area contributed by atoms with E-state index in [1.807, 2.05) is 0 Å². The van der Waals surface area contributed by atoms with Gasteiger partial charge in [-0.3, -0.25) is 4.72 Å². The zero-order valence-corrected chi connectivity index (χ0v) is 10.8. The Hall–Kier alpha value is -1.31. The van der Waals surface area contributed by atoms with Crippen LogP contribution in [0.25, 0.3) is 0 Å². The second-order valence-corrected chi connectivity index (χ2v) is 6.09. The third kappa shape index (κ3) is 2.68. The molecule has 0 radical (unpaired) electrons. The van der Waals surface area contributed by atoms with Crippen molar-refractivity contribution in [3.63, 3.8) is 0 Å². The van der Waals surface area contributed by atoms with E-state index >= 15 is 0 Å². The number of nitrogens with zero attached hydrogens (tertiary/aromatic N) is 1. The summed E-state index contributed by atoms with van der Waals surface area (Å²) >= 11 is 7.01. The van der Waals surface area contributed by atoms with E-state index in [0.29, 0.717) is 5.69 Å². The van der Waals surface area contributed by atoms with Crippen LogP contribution in [0, 0.1) is 0 Å². The van der Waals surface area contributed by atoms with Crippen LogP contribution in [0.15, 0.2) is 34.7 Å². The molecule has 5 nitrogen and oxygen atoms in total. The molecule has 1 aromatic heterocycles. The SMILES string of the molecule is Nc1ccc(Cl)c(S(=O)(=O)Nc2nccs2)c1. The van der Waals surface area contributed by atoms with Crippen molar-refractivity contribution in [1.82, 2.24) is 4.98 Å². The fourth-order valence-electron chi connectivity index (χ4n) is 1.17. The largest absolute Gasteiger partial charge is 0.399 e. The summed E-state index contributed by atoms with van der Waals surface area (Å²) in [6, 6.07) is 4.27. The van der Waals surface area contributed by atoms with E-state index in [-0.39, 0.29) is 15.0 Å². The summed E-state index contributed by atoms with van der Waals surface area (Å²) in [4.78, 5) is 3.77. The molecule has 0 unspecified atom stereocenters. The number of benzene rings is 1. The fourth-order valence-corrected chi connectivity index (χ4v) is 3.49. The van der Waals surface area contributed by atoms with E-state index in [9.17, 15) is 8.42 Å². The predicted molar refractivity (Wildman–Crippen MR) is 68.8 cm³/mol. The molecule has 2 aromatic rings. The second kappa shape index (κ2) is 4.52. The molecule has 90 valence electrons. The van der Waals surface area contributed by atoms with Crippen molar-refractivity contribution >= 4 is 43.8 Å². The Labute approximate surface area is 107 Å². The molecule has 1 aromatic carbocycles. The van der Waals surface area contributed by atoms with Gasteiger partial charge in [0.05, 0.1) is 5.02 Å². The van der Waals surface area contributed by atoms with Crippen molar-refractivity contribution in [3.8, 4) is 0 Å². The van der Waals surface area contributed by atoms with Gasteiger partial charge in [-0.1, -0.05) is 11.6 Å². The number of aromatic nitrogens is 1. The summed E-state index contributed by atoms with van der Waals surface area (Å²) in [5, 5.41) is 2.06. The van der Waals surface area contributed by atoms with Crippen LogP contribution in [0.3, 0.4) is 0 Å². The fraction of sp³-hybridized carbons (Fsp3) is 0. The maximum atomic E-state index is 12.0. The Morgan fingerprint density at radius 1 is 1.41 bits per heavy atom. The average molecular weight is 290 g/mol. The zero-order valence-electron chi connectivity index (χ0n) is 8.42. The first-order chi connectivity index (χ1) is 7.99. The first-order valence-electron chi connectivity index (χ1n) is 4.46. The lowest BCUT2D eigenvalue weighted by atomic mass is 10.3. The van der Waals surface area contributed by atoms with Crippen LogP contribution >= 0.6 is 22.9 Å². The number of halogens is 1. The maximum Gasteiger partial charge on any atom is 0.265 e. The van der Waals surface area contributed by atoms with E-state index in [4.69, 9.17) is 17.3 Å². The van der Waals surface area contributed by atoms with E-state index in [1.54, 1.807) is 5.38 Å². The van der Waals surface area contributed by atoms with E-state index in [0.717, 1.165) is 0 Å². The minimum atomic E-state index is -3.75. The van der Waals surface area contributed by atoms with Gasteiger partial charge in [-0.25, -0.2) is 13.4 Å². The van der Waals surface area contributed by atoms with Crippen LogP contribution in [0.2, 0.25) is 5.02 Å². The van der Waals surface area contributed by atoms with Gasteiger partial charge in [0, 0.05) is 17.3 Å². The van der Waals surface area contributed by atoms with Gasteiger partial charge in [0.25, 0.3) is 10.0 Å². The molecule has 17 heavy (non-hydrogen) atoms. The van der Waals surface area contributed by atoms with Crippen molar-refractivity contribution in [1.29, 1.82) is 0 Å². The van der Waals surface area contributed by atoms with Crippen molar-refractivity contribution in [2.24, 2.45) is 0 Å². The molecule has 0 saturated carbocycles. The molecule has 0 spiro atoms. The number of nitrogens with two attached hydrogens (primary N) is 1. The highest BCUT2D eigenvalue weighted by atomic mass is 35.5. The molecule has 0 fully saturated rings. The zero-order chi connectivity index (χ0) is 12.5. The van der Waals surface area contributed by atoms with Crippen molar-refractivity contribution < 1.29 is 8.42 Å². The summed E-state index contributed by atoms with van der Waals surface area (Å²) < 4.78 is 26.3. The first kappa shape index (κ1) is 12.2. The molecule has 0 amide bonds. The lowest BCUT2D eigenvalue weighted by Gasteiger charge is -2.07. The molecule has 2 rings (SSSR count). The highest BCUT2D eigenvalue weighted by molar-refractivity contribution is 7.93. The molecule has 0 aliphatic rings. The molecular weight excluding hydrogens is 282 g/mol. The Morgan fingerprint density at radius 2 is 2.18 bits per heavy atom. The monoisotopic (exact) mass is 289 g/mol. The number of hydrogen-bond acceptors (Lipinski definition) is 5. The Morgan fingerprint density at radius 3 is 2.82 bits per heavy atom. The number of nitrogens with one attached hydrogen (secondary N) is 1. The molecule has 0 saturated heterocycles. The highest BCUT2D eigenvalue weighted by Crippen LogP contribution is 2.26. The lowest BCUT2D eigenvalue weighted by Crippen LogP contribution is -2.13. The van der Waals surface area contributed by atoms with Crippen molar-refractivity contribution in [3.05, 3.63) is 34.8 Å². The van der Waals surface area contributed by atoms with Crippen LogP contribution in [0.4, 0.5) is 10.8 Å². The van der Waals surface area contributed by atoms with Gasteiger partial charge in [0.15, 0.2) is 5.13 Å². The van der Waals surface area contributed by atoms with Gasteiger partial charge in [0.2, 0.25) is 0 Å². The molecule has 0 aliphatic carbocycles. The Kier molecular flexibility index (Phi) is 3.23. The smallest absolute Gasteiger partial charge is 0.265 e. The molecular formula is C9H8ClN3O2S2. The normalized spacial score (nSPS) is 11.4. The predicted octanol–water partition coefficient (Wildman–Crippen LogP) is 2.18. The quantitative estimate of drug-likeness (QED) is 0.848. The van der Waals surface area contributed by atoms with Crippen LogP contribution in [0.5, 0.6) is 0 Å². The van der Waals surface area contributed by atoms with Gasteiger partial charge in [-0.15, -0.1) is 11.3 Å². The van der Waals surface area contributed by atoms with Crippen molar-refractivity contribution in [2.75, 3.05) is 10.5 Å². The van der Waals surface area contributed by atoms with Crippen molar-refractivity contribution in [2.45, 2.75) is 4.90 Å². The van der Waals surface area contributed by atoms with Gasteiger partial charge in [-0.05, 0) is 18.2 Å². The molecule has 3 N–H and O–H groups in total.